The van der Waals surface area contributed by atoms with Crippen LogP contribution in [0.25, 0.3) is 0 Å². The summed E-state index contributed by atoms with van der Waals surface area (Å²) in [6.07, 6.45) is 4.54. The summed E-state index contributed by atoms with van der Waals surface area (Å²) in [6, 6.07) is 4.80. The lowest BCUT2D eigenvalue weighted by Gasteiger charge is -2.24. The first-order chi connectivity index (χ1) is 8.95. The van der Waals surface area contributed by atoms with Crippen LogP contribution in [0.5, 0.6) is 0 Å². The second-order valence-corrected chi connectivity index (χ2v) is 5.96. The third-order valence-corrected chi connectivity index (χ3v) is 4.50. The van der Waals surface area contributed by atoms with Crippen LogP contribution in [-0.2, 0) is 6.42 Å². The van der Waals surface area contributed by atoms with Crippen molar-refractivity contribution in [2.75, 3.05) is 0 Å². The van der Waals surface area contributed by atoms with Crippen LogP contribution in [0.2, 0.25) is 5.02 Å². The van der Waals surface area contributed by atoms with Crippen molar-refractivity contribution in [1.29, 1.82) is 0 Å². The molecule has 2 atom stereocenters. The number of rotatable bonds is 4. The Morgan fingerprint density at radius 1 is 1.58 bits per heavy atom. The molecule has 1 fully saturated rings. The van der Waals surface area contributed by atoms with Crippen molar-refractivity contribution in [2.24, 2.45) is 11.7 Å². The maximum atomic E-state index is 11.1. The molecule has 1 aliphatic carbocycles. The van der Waals surface area contributed by atoms with E-state index in [1.54, 1.807) is 12.1 Å². The van der Waals surface area contributed by atoms with Gasteiger partial charge in [0, 0.05) is 11.6 Å². The summed E-state index contributed by atoms with van der Waals surface area (Å²) >= 11 is 6.12. The molecule has 4 nitrogen and oxygen atoms in total. The molecule has 1 aromatic carbocycles. The van der Waals surface area contributed by atoms with Gasteiger partial charge in [-0.05, 0) is 37.7 Å². The fraction of sp³-hybridized carbons (Fsp3) is 0.571. The number of hydrogen-bond donors (Lipinski definition) is 1. The smallest absolute Gasteiger partial charge is 0.274 e. The molecule has 5 heteroatoms. The van der Waals surface area contributed by atoms with Crippen LogP contribution in [-0.4, -0.2) is 10.5 Å². The number of nitrogens with two attached hydrogens (primary N) is 1. The van der Waals surface area contributed by atoms with Crippen LogP contribution < -0.4 is 5.73 Å². The molecule has 0 saturated heterocycles. The van der Waals surface area contributed by atoms with Crippen LogP contribution >= 0.6 is 11.6 Å². The number of nitrogens with zero attached hydrogens (tertiary/aromatic N) is 1. The van der Waals surface area contributed by atoms with Crippen molar-refractivity contribution in [2.45, 2.75) is 44.6 Å². The number of benzene rings is 1. The third kappa shape index (κ3) is 3.07. The van der Waals surface area contributed by atoms with Crippen LogP contribution in [0.4, 0.5) is 5.69 Å². The van der Waals surface area contributed by atoms with E-state index in [-0.39, 0.29) is 16.1 Å². The number of halogens is 1. The summed E-state index contributed by atoms with van der Waals surface area (Å²) in [7, 11) is 0. The molecule has 0 aromatic heterocycles. The first-order valence-electron chi connectivity index (χ1n) is 6.66. The van der Waals surface area contributed by atoms with Crippen molar-refractivity contribution < 1.29 is 4.92 Å². The fourth-order valence-electron chi connectivity index (χ4n) is 3.03. The Labute approximate surface area is 118 Å². The van der Waals surface area contributed by atoms with Gasteiger partial charge in [0.15, 0.2) is 0 Å². The first-order valence-corrected chi connectivity index (χ1v) is 7.03. The van der Waals surface area contributed by atoms with Crippen molar-refractivity contribution in [1.82, 2.24) is 0 Å². The van der Waals surface area contributed by atoms with Gasteiger partial charge in [-0.1, -0.05) is 31.0 Å². The van der Waals surface area contributed by atoms with E-state index >= 15 is 0 Å². The second kappa shape index (κ2) is 5.47. The van der Waals surface area contributed by atoms with Gasteiger partial charge < -0.3 is 5.73 Å². The van der Waals surface area contributed by atoms with E-state index in [1.165, 1.54) is 6.07 Å². The van der Waals surface area contributed by atoms with Gasteiger partial charge in [-0.3, -0.25) is 10.1 Å². The predicted octanol–water partition coefficient (Wildman–Crippen LogP) is 3.70. The van der Waals surface area contributed by atoms with E-state index in [0.29, 0.717) is 22.9 Å². The summed E-state index contributed by atoms with van der Waals surface area (Å²) in [4.78, 5) is 10.7. The van der Waals surface area contributed by atoms with Crippen LogP contribution in [0.3, 0.4) is 0 Å². The Morgan fingerprint density at radius 3 is 2.89 bits per heavy atom. The normalized spacial score (nSPS) is 26.6. The fourth-order valence-corrected chi connectivity index (χ4v) is 3.26. The molecule has 104 valence electrons. The third-order valence-electron chi connectivity index (χ3n) is 4.14. The van der Waals surface area contributed by atoms with Gasteiger partial charge in [0.1, 0.15) is 0 Å². The molecule has 1 saturated carbocycles. The van der Waals surface area contributed by atoms with Crippen molar-refractivity contribution >= 4 is 17.3 Å². The molecule has 0 heterocycles. The molecular weight excluding hydrogens is 264 g/mol. The lowest BCUT2D eigenvalue weighted by molar-refractivity contribution is -0.385. The Hall–Kier alpha value is -1.13. The molecule has 0 radical (unpaired) electrons. The molecule has 1 aromatic rings. The minimum atomic E-state index is -0.378. The van der Waals surface area contributed by atoms with E-state index in [0.717, 1.165) is 25.7 Å². The molecular formula is C14H19ClN2O2. The van der Waals surface area contributed by atoms with E-state index in [2.05, 4.69) is 6.92 Å². The SMILES string of the molecule is CCC1CCC(N)(Cc2c(Cl)cccc2[N+](=O)[O-])C1. The minimum absolute atomic E-state index is 0.0808. The van der Waals surface area contributed by atoms with Gasteiger partial charge in [-0.25, -0.2) is 0 Å². The van der Waals surface area contributed by atoms with Gasteiger partial charge in [-0.15, -0.1) is 0 Å². The molecule has 0 spiro atoms. The average Bonchev–Trinajstić information content (AvgIpc) is 2.73. The Morgan fingerprint density at radius 2 is 2.32 bits per heavy atom. The summed E-state index contributed by atoms with van der Waals surface area (Å²) in [6.45, 7) is 2.16. The molecule has 0 aliphatic heterocycles. The van der Waals surface area contributed by atoms with Crippen molar-refractivity contribution in [3.05, 3.63) is 38.9 Å². The minimum Gasteiger partial charge on any atom is -0.325 e. The largest absolute Gasteiger partial charge is 0.325 e. The zero-order valence-electron chi connectivity index (χ0n) is 11.1. The molecule has 0 bridgehead atoms. The summed E-state index contributed by atoms with van der Waals surface area (Å²) in [5.74, 6) is 0.631. The Balaban J connectivity index is 2.26. The lowest BCUT2D eigenvalue weighted by Crippen LogP contribution is -2.39. The maximum Gasteiger partial charge on any atom is 0.274 e. The number of nitro groups is 1. The summed E-state index contributed by atoms with van der Waals surface area (Å²) in [5, 5.41) is 11.5. The monoisotopic (exact) mass is 282 g/mol. The standard InChI is InChI=1S/C14H19ClN2O2/c1-2-10-6-7-14(16,8-10)9-11-12(15)4-3-5-13(11)17(18)19/h3-5,10H,2,6-9,16H2,1H3. The van der Waals surface area contributed by atoms with Gasteiger partial charge in [0.05, 0.1) is 15.5 Å². The zero-order valence-corrected chi connectivity index (χ0v) is 11.8. The Bertz CT molecular complexity index is 492. The topological polar surface area (TPSA) is 69.2 Å². The summed E-state index contributed by atoms with van der Waals surface area (Å²) in [5.41, 5.74) is 6.72. The van der Waals surface area contributed by atoms with Crippen LogP contribution in [0.1, 0.15) is 38.2 Å². The van der Waals surface area contributed by atoms with Crippen molar-refractivity contribution in [3.8, 4) is 0 Å². The zero-order chi connectivity index (χ0) is 14.0. The van der Waals surface area contributed by atoms with E-state index in [4.69, 9.17) is 17.3 Å². The van der Waals surface area contributed by atoms with Gasteiger partial charge in [-0.2, -0.15) is 0 Å². The van der Waals surface area contributed by atoms with Crippen LogP contribution in [0, 0.1) is 16.0 Å². The van der Waals surface area contributed by atoms with E-state index in [9.17, 15) is 10.1 Å². The quantitative estimate of drug-likeness (QED) is 0.676. The molecule has 19 heavy (non-hydrogen) atoms. The summed E-state index contributed by atoms with van der Waals surface area (Å²) < 4.78 is 0. The lowest BCUT2D eigenvalue weighted by atomic mass is 9.88. The van der Waals surface area contributed by atoms with Gasteiger partial charge in [0.25, 0.3) is 5.69 Å². The van der Waals surface area contributed by atoms with Crippen LogP contribution in [0.15, 0.2) is 18.2 Å². The highest BCUT2D eigenvalue weighted by molar-refractivity contribution is 6.31. The maximum absolute atomic E-state index is 11.1. The molecule has 2 unspecified atom stereocenters. The van der Waals surface area contributed by atoms with Crippen molar-refractivity contribution in [3.63, 3.8) is 0 Å². The Kier molecular flexibility index (Phi) is 4.11. The van der Waals surface area contributed by atoms with E-state index in [1.807, 2.05) is 0 Å². The molecule has 1 aliphatic rings. The highest BCUT2D eigenvalue weighted by atomic mass is 35.5. The predicted molar refractivity (Wildman–Crippen MR) is 76.4 cm³/mol. The van der Waals surface area contributed by atoms with Gasteiger partial charge in [0.2, 0.25) is 0 Å². The molecule has 0 amide bonds. The van der Waals surface area contributed by atoms with Gasteiger partial charge >= 0.3 is 0 Å². The second-order valence-electron chi connectivity index (χ2n) is 5.55. The highest BCUT2D eigenvalue weighted by Gasteiger charge is 2.37. The molecule has 2 rings (SSSR count). The molecule has 2 N–H and O–H groups in total. The van der Waals surface area contributed by atoms with E-state index < -0.39 is 0 Å². The highest BCUT2D eigenvalue weighted by Crippen LogP contribution is 2.39. The number of hydrogen-bond acceptors (Lipinski definition) is 3. The first kappa shape index (κ1) is 14.3. The number of nitro benzene ring substituents is 1. The average molecular weight is 283 g/mol.